The minimum Gasteiger partial charge on any atom is -0.347 e. The Morgan fingerprint density at radius 2 is 2.00 bits per heavy atom. The molecule has 1 atom stereocenters. The average Bonchev–Trinajstić information content (AvgIpc) is 2.87. The fraction of sp³-hybridized carbons (Fsp3) is 0.231. The molecule has 0 radical (unpaired) electrons. The summed E-state index contributed by atoms with van der Waals surface area (Å²) in [5.41, 5.74) is 1.63. The van der Waals surface area contributed by atoms with Crippen LogP contribution in [0.1, 0.15) is 10.9 Å². The average molecular weight is 264 g/mol. The number of alkyl halides is 1. The Morgan fingerprint density at radius 3 is 2.61 bits per heavy atom. The van der Waals surface area contributed by atoms with Gasteiger partial charge in [0.05, 0.1) is 11.9 Å². The fourth-order valence-corrected chi connectivity index (χ4v) is 1.87. The second kappa shape index (κ2) is 5.23. The molecule has 0 saturated carbocycles. The summed E-state index contributed by atoms with van der Waals surface area (Å²) in [7, 11) is 3.36. The van der Waals surface area contributed by atoms with E-state index < -0.39 is 5.38 Å². The fourth-order valence-electron chi connectivity index (χ4n) is 1.56. The number of para-hydroxylation sites is 1. The SMILES string of the molecule is CN(C)C(=O)C(Cl)c1cnn(-c2ccccc2)c1. The number of amides is 1. The molecule has 18 heavy (non-hydrogen) atoms. The molecule has 1 aromatic heterocycles. The third-order valence-corrected chi connectivity index (χ3v) is 3.01. The number of halogens is 1. The first-order chi connectivity index (χ1) is 8.59. The van der Waals surface area contributed by atoms with Crippen LogP contribution in [0, 0.1) is 0 Å². The molecule has 4 nitrogen and oxygen atoms in total. The minimum atomic E-state index is -0.697. The van der Waals surface area contributed by atoms with Crippen molar-refractivity contribution >= 4 is 17.5 Å². The van der Waals surface area contributed by atoms with Gasteiger partial charge in [-0.3, -0.25) is 4.79 Å². The van der Waals surface area contributed by atoms with E-state index in [0.717, 1.165) is 5.69 Å². The zero-order chi connectivity index (χ0) is 13.1. The summed E-state index contributed by atoms with van der Waals surface area (Å²) in [6.45, 7) is 0. The number of rotatable bonds is 3. The van der Waals surface area contributed by atoms with E-state index in [9.17, 15) is 4.79 Å². The van der Waals surface area contributed by atoms with Crippen LogP contribution in [0.4, 0.5) is 0 Å². The zero-order valence-corrected chi connectivity index (χ0v) is 11.0. The number of carbonyl (C=O) groups is 1. The highest BCUT2D eigenvalue weighted by molar-refractivity contribution is 6.30. The van der Waals surface area contributed by atoms with E-state index in [1.54, 1.807) is 31.2 Å². The highest BCUT2D eigenvalue weighted by Crippen LogP contribution is 2.22. The maximum absolute atomic E-state index is 11.7. The standard InChI is InChI=1S/C13H14ClN3O/c1-16(2)13(18)12(14)10-8-15-17(9-10)11-6-4-3-5-7-11/h3-9,12H,1-2H3. The summed E-state index contributed by atoms with van der Waals surface area (Å²) >= 11 is 6.11. The molecular formula is C13H14ClN3O. The van der Waals surface area contributed by atoms with Crippen LogP contribution in [0.5, 0.6) is 0 Å². The number of benzene rings is 1. The van der Waals surface area contributed by atoms with Gasteiger partial charge in [-0.25, -0.2) is 4.68 Å². The Hall–Kier alpha value is -1.81. The van der Waals surface area contributed by atoms with Crippen LogP contribution in [0.3, 0.4) is 0 Å². The topological polar surface area (TPSA) is 38.1 Å². The van der Waals surface area contributed by atoms with E-state index in [1.165, 1.54) is 4.90 Å². The predicted octanol–water partition coefficient (Wildman–Crippen LogP) is 2.24. The molecule has 94 valence electrons. The third kappa shape index (κ3) is 2.54. The molecule has 1 heterocycles. The number of carbonyl (C=O) groups excluding carboxylic acids is 1. The van der Waals surface area contributed by atoms with E-state index in [2.05, 4.69) is 5.10 Å². The van der Waals surface area contributed by atoms with Gasteiger partial charge in [-0.05, 0) is 12.1 Å². The number of aromatic nitrogens is 2. The second-order valence-corrected chi connectivity index (χ2v) is 4.59. The van der Waals surface area contributed by atoms with Gasteiger partial charge >= 0.3 is 0 Å². The van der Waals surface area contributed by atoms with Crippen molar-refractivity contribution in [1.82, 2.24) is 14.7 Å². The smallest absolute Gasteiger partial charge is 0.244 e. The Balaban J connectivity index is 2.24. The number of hydrogen-bond donors (Lipinski definition) is 0. The number of hydrogen-bond acceptors (Lipinski definition) is 2. The molecule has 2 rings (SSSR count). The lowest BCUT2D eigenvalue weighted by atomic mass is 10.2. The summed E-state index contributed by atoms with van der Waals surface area (Å²) in [5.74, 6) is -0.149. The largest absolute Gasteiger partial charge is 0.347 e. The second-order valence-electron chi connectivity index (χ2n) is 4.15. The van der Waals surface area contributed by atoms with E-state index >= 15 is 0 Å². The summed E-state index contributed by atoms with van der Waals surface area (Å²) in [6, 6.07) is 9.68. The van der Waals surface area contributed by atoms with Crippen LogP contribution in [-0.4, -0.2) is 34.7 Å². The summed E-state index contributed by atoms with van der Waals surface area (Å²) in [4.78, 5) is 13.2. The van der Waals surface area contributed by atoms with E-state index in [1.807, 2.05) is 30.3 Å². The van der Waals surface area contributed by atoms with Crippen LogP contribution < -0.4 is 0 Å². The van der Waals surface area contributed by atoms with Crippen LogP contribution >= 0.6 is 11.6 Å². The quantitative estimate of drug-likeness (QED) is 0.797. The van der Waals surface area contributed by atoms with Gasteiger partial charge in [0.25, 0.3) is 0 Å². The molecular weight excluding hydrogens is 250 g/mol. The maximum Gasteiger partial charge on any atom is 0.244 e. The van der Waals surface area contributed by atoms with Crippen molar-refractivity contribution in [3.63, 3.8) is 0 Å². The highest BCUT2D eigenvalue weighted by Gasteiger charge is 2.21. The van der Waals surface area contributed by atoms with Crippen molar-refractivity contribution in [3.8, 4) is 5.69 Å². The lowest BCUT2D eigenvalue weighted by molar-refractivity contribution is -0.128. The van der Waals surface area contributed by atoms with Crippen LogP contribution in [0.2, 0.25) is 0 Å². The lowest BCUT2D eigenvalue weighted by Gasteiger charge is -2.13. The molecule has 0 aliphatic heterocycles. The van der Waals surface area contributed by atoms with Gasteiger partial charge in [-0.1, -0.05) is 18.2 Å². The Bertz CT molecular complexity index is 536. The minimum absolute atomic E-state index is 0.149. The molecule has 1 aromatic carbocycles. The van der Waals surface area contributed by atoms with Gasteiger partial charge in [0, 0.05) is 25.9 Å². The van der Waals surface area contributed by atoms with Gasteiger partial charge in [-0.15, -0.1) is 11.6 Å². The highest BCUT2D eigenvalue weighted by atomic mass is 35.5. The molecule has 1 amide bonds. The maximum atomic E-state index is 11.7. The molecule has 0 spiro atoms. The summed E-state index contributed by atoms with van der Waals surface area (Å²) in [5, 5.41) is 3.51. The van der Waals surface area contributed by atoms with Gasteiger partial charge < -0.3 is 4.90 Å². The lowest BCUT2D eigenvalue weighted by Crippen LogP contribution is -2.25. The monoisotopic (exact) mass is 263 g/mol. The normalized spacial score (nSPS) is 12.2. The van der Waals surface area contributed by atoms with Gasteiger partial charge in [0.2, 0.25) is 5.91 Å². The van der Waals surface area contributed by atoms with Crippen LogP contribution in [0.25, 0.3) is 5.69 Å². The first-order valence-corrected chi connectivity index (χ1v) is 5.98. The van der Waals surface area contributed by atoms with Crippen molar-refractivity contribution < 1.29 is 4.79 Å². The van der Waals surface area contributed by atoms with Crippen molar-refractivity contribution in [2.45, 2.75) is 5.38 Å². The Morgan fingerprint density at radius 1 is 1.33 bits per heavy atom. The van der Waals surface area contributed by atoms with Gasteiger partial charge in [-0.2, -0.15) is 5.10 Å². The van der Waals surface area contributed by atoms with E-state index in [-0.39, 0.29) is 5.91 Å². The first-order valence-electron chi connectivity index (χ1n) is 5.55. The number of nitrogens with zero attached hydrogens (tertiary/aromatic N) is 3. The van der Waals surface area contributed by atoms with Crippen LogP contribution in [0.15, 0.2) is 42.7 Å². The summed E-state index contributed by atoms with van der Waals surface area (Å²) < 4.78 is 1.70. The molecule has 0 fully saturated rings. The molecule has 0 aliphatic carbocycles. The van der Waals surface area contributed by atoms with Crippen LogP contribution in [-0.2, 0) is 4.79 Å². The molecule has 1 unspecified atom stereocenters. The van der Waals surface area contributed by atoms with Crippen molar-refractivity contribution in [2.24, 2.45) is 0 Å². The number of likely N-dealkylation sites (N-methyl/N-ethyl adjacent to an activating group) is 1. The molecule has 0 N–H and O–H groups in total. The van der Waals surface area contributed by atoms with Gasteiger partial charge in [0.15, 0.2) is 0 Å². The molecule has 5 heteroatoms. The molecule has 0 saturated heterocycles. The predicted molar refractivity (Wildman–Crippen MR) is 70.9 cm³/mol. The third-order valence-electron chi connectivity index (χ3n) is 2.57. The zero-order valence-electron chi connectivity index (χ0n) is 10.2. The molecule has 0 bridgehead atoms. The first kappa shape index (κ1) is 12.6. The van der Waals surface area contributed by atoms with E-state index in [0.29, 0.717) is 5.56 Å². The van der Waals surface area contributed by atoms with Crippen molar-refractivity contribution in [2.75, 3.05) is 14.1 Å². The molecule has 0 aliphatic rings. The van der Waals surface area contributed by atoms with E-state index in [4.69, 9.17) is 11.6 Å². The molecule has 2 aromatic rings. The Kier molecular flexibility index (Phi) is 3.67. The van der Waals surface area contributed by atoms with Gasteiger partial charge in [0.1, 0.15) is 5.38 Å². The van der Waals surface area contributed by atoms with Crippen molar-refractivity contribution in [3.05, 3.63) is 48.3 Å². The Labute approximate surface area is 111 Å². The van der Waals surface area contributed by atoms with Crippen molar-refractivity contribution in [1.29, 1.82) is 0 Å². The summed E-state index contributed by atoms with van der Waals surface area (Å²) in [6.07, 6.45) is 3.39.